The number of carbonyl (C=O) groups is 1. The third kappa shape index (κ3) is 2.01. The number of nitrogens with zero attached hydrogens (tertiary/aromatic N) is 1. The molecule has 0 atom stereocenters. The van der Waals surface area contributed by atoms with Gasteiger partial charge in [-0.15, -0.1) is 0 Å². The van der Waals surface area contributed by atoms with Gasteiger partial charge in [-0.3, -0.25) is 4.79 Å². The first-order valence-electron chi connectivity index (χ1n) is 3.24. The molecule has 1 amide bonds. The Kier molecular flexibility index (Phi) is 2.05. The van der Waals surface area contributed by atoms with Crippen LogP contribution in [0.2, 0.25) is 0 Å². The molecule has 1 N–H and O–H groups in total. The predicted octanol–water partition coefficient (Wildman–Crippen LogP) is -0.562. The maximum Gasteiger partial charge on any atom is 0.221 e. The molecular formula is C6H12N2O. The quantitative estimate of drug-likeness (QED) is 0.474. The lowest BCUT2D eigenvalue weighted by atomic mass is 10.4. The molecule has 0 radical (unpaired) electrons. The lowest BCUT2D eigenvalue weighted by Gasteiger charge is -2.09. The van der Waals surface area contributed by atoms with Crippen molar-refractivity contribution in [3.8, 4) is 0 Å². The van der Waals surface area contributed by atoms with Gasteiger partial charge in [0.2, 0.25) is 5.91 Å². The van der Waals surface area contributed by atoms with Gasteiger partial charge >= 0.3 is 0 Å². The van der Waals surface area contributed by atoms with E-state index in [1.807, 2.05) is 7.05 Å². The van der Waals surface area contributed by atoms with Gasteiger partial charge in [-0.1, -0.05) is 0 Å². The summed E-state index contributed by atoms with van der Waals surface area (Å²) >= 11 is 0. The average Bonchev–Trinajstić information content (AvgIpc) is 1.97. The normalized spacial score (nSPS) is 23.0. The van der Waals surface area contributed by atoms with Crippen LogP contribution in [0.5, 0.6) is 0 Å². The fraction of sp³-hybridized carbons (Fsp3) is 0.833. The minimum atomic E-state index is 0.180. The molecule has 1 rings (SSSR count). The molecule has 0 aliphatic carbocycles. The molecule has 3 heteroatoms. The Balaban J connectivity index is 2.34. The zero-order chi connectivity index (χ0) is 6.69. The summed E-state index contributed by atoms with van der Waals surface area (Å²) in [7, 11) is 2.03. The molecular weight excluding hydrogens is 116 g/mol. The Morgan fingerprint density at radius 1 is 1.56 bits per heavy atom. The molecule has 1 saturated heterocycles. The summed E-state index contributed by atoms with van der Waals surface area (Å²) in [6.07, 6.45) is 0.649. The minimum absolute atomic E-state index is 0.180. The molecule has 52 valence electrons. The van der Waals surface area contributed by atoms with Crippen LogP contribution >= 0.6 is 0 Å². The molecule has 1 heterocycles. The predicted molar refractivity (Wildman–Crippen MR) is 35.1 cm³/mol. The number of hydrogen-bond acceptors (Lipinski definition) is 2. The minimum Gasteiger partial charge on any atom is -0.355 e. The highest BCUT2D eigenvalue weighted by molar-refractivity contribution is 5.76. The van der Waals surface area contributed by atoms with Crippen molar-refractivity contribution in [2.45, 2.75) is 6.42 Å². The molecule has 0 aromatic carbocycles. The van der Waals surface area contributed by atoms with Gasteiger partial charge in [0, 0.05) is 26.1 Å². The van der Waals surface area contributed by atoms with Gasteiger partial charge < -0.3 is 10.2 Å². The van der Waals surface area contributed by atoms with Gasteiger partial charge in [-0.25, -0.2) is 0 Å². The highest BCUT2D eigenvalue weighted by Crippen LogP contribution is 1.90. The lowest BCUT2D eigenvalue weighted by molar-refractivity contribution is -0.120. The van der Waals surface area contributed by atoms with E-state index in [2.05, 4.69) is 10.2 Å². The van der Waals surface area contributed by atoms with Crippen molar-refractivity contribution in [3.05, 3.63) is 0 Å². The van der Waals surface area contributed by atoms with Gasteiger partial charge in [-0.2, -0.15) is 0 Å². The standard InChI is InChI=1S/C6H12N2O/c1-8-4-2-6(9)7-3-5-8/h2-5H2,1H3,(H,7,9). The van der Waals surface area contributed by atoms with Crippen molar-refractivity contribution in [2.75, 3.05) is 26.7 Å². The maximum absolute atomic E-state index is 10.7. The van der Waals surface area contributed by atoms with Gasteiger partial charge in [-0.05, 0) is 7.05 Å². The highest BCUT2D eigenvalue weighted by Gasteiger charge is 2.07. The Morgan fingerprint density at radius 3 is 3.11 bits per heavy atom. The van der Waals surface area contributed by atoms with Crippen molar-refractivity contribution in [3.63, 3.8) is 0 Å². The highest BCUT2D eigenvalue weighted by atomic mass is 16.1. The second kappa shape index (κ2) is 2.82. The van der Waals surface area contributed by atoms with Crippen LogP contribution in [-0.2, 0) is 4.79 Å². The molecule has 0 aromatic rings. The molecule has 3 nitrogen and oxygen atoms in total. The monoisotopic (exact) mass is 128 g/mol. The van der Waals surface area contributed by atoms with E-state index in [1.54, 1.807) is 0 Å². The number of carbonyl (C=O) groups excluding carboxylic acids is 1. The third-order valence-electron chi connectivity index (χ3n) is 1.54. The van der Waals surface area contributed by atoms with E-state index in [-0.39, 0.29) is 5.91 Å². The molecule has 0 spiro atoms. The molecule has 9 heavy (non-hydrogen) atoms. The Morgan fingerprint density at radius 2 is 2.33 bits per heavy atom. The van der Waals surface area contributed by atoms with Crippen molar-refractivity contribution < 1.29 is 4.79 Å². The van der Waals surface area contributed by atoms with Crippen LogP contribution in [-0.4, -0.2) is 37.5 Å². The summed E-state index contributed by atoms with van der Waals surface area (Å²) in [5.41, 5.74) is 0. The van der Waals surface area contributed by atoms with E-state index in [4.69, 9.17) is 0 Å². The van der Waals surface area contributed by atoms with Crippen LogP contribution in [0.25, 0.3) is 0 Å². The van der Waals surface area contributed by atoms with E-state index >= 15 is 0 Å². The maximum atomic E-state index is 10.7. The molecule has 0 bridgehead atoms. The SMILES string of the molecule is CN1CCNC(=O)CC1. The van der Waals surface area contributed by atoms with E-state index in [1.165, 1.54) is 0 Å². The summed E-state index contributed by atoms with van der Waals surface area (Å²) in [5.74, 6) is 0.180. The average molecular weight is 128 g/mol. The number of nitrogens with one attached hydrogen (secondary N) is 1. The third-order valence-corrected chi connectivity index (χ3v) is 1.54. The topological polar surface area (TPSA) is 32.3 Å². The van der Waals surface area contributed by atoms with Crippen LogP contribution in [0.15, 0.2) is 0 Å². The van der Waals surface area contributed by atoms with E-state index < -0.39 is 0 Å². The summed E-state index contributed by atoms with van der Waals surface area (Å²) < 4.78 is 0. The van der Waals surface area contributed by atoms with Crippen LogP contribution in [0.1, 0.15) is 6.42 Å². The van der Waals surface area contributed by atoms with E-state index in [0.717, 1.165) is 19.6 Å². The second-order valence-electron chi connectivity index (χ2n) is 2.40. The Labute approximate surface area is 55.0 Å². The second-order valence-corrected chi connectivity index (χ2v) is 2.40. The van der Waals surface area contributed by atoms with Crippen molar-refractivity contribution in [1.29, 1.82) is 0 Å². The summed E-state index contributed by atoms with van der Waals surface area (Å²) in [4.78, 5) is 12.8. The molecule has 0 unspecified atom stereocenters. The number of rotatable bonds is 0. The Bertz CT molecular complexity index is 114. The molecule has 0 aromatic heterocycles. The van der Waals surface area contributed by atoms with Crippen molar-refractivity contribution >= 4 is 5.91 Å². The smallest absolute Gasteiger partial charge is 0.221 e. The van der Waals surface area contributed by atoms with Gasteiger partial charge in [0.25, 0.3) is 0 Å². The zero-order valence-electron chi connectivity index (χ0n) is 5.68. The van der Waals surface area contributed by atoms with Crippen LogP contribution in [0.4, 0.5) is 0 Å². The largest absolute Gasteiger partial charge is 0.355 e. The fourth-order valence-corrected chi connectivity index (χ4v) is 0.879. The van der Waals surface area contributed by atoms with E-state index in [9.17, 15) is 4.79 Å². The van der Waals surface area contributed by atoms with Gasteiger partial charge in [0.1, 0.15) is 0 Å². The number of likely N-dealkylation sites (N-methyl/N-ethyl adjacent to an activating group) is 1. The molecule has 0 saturated carbocycles. The summed E-state index contributed by atoms with van der Waals surface area (Å²) in [6.45, 7) is 2.67. The first kappa shape index (κ1) is 6.55. The Hall–Kier alpha value is -0.570. The van der Waals surface area contributed by atoms with Crippen molar-refractivity contribution in [1.82, 2.24) is 10.2 Å². The summed E-state index contributed by atoms with van der Waals surface area (Å²) in [5, 5.41) is 2.79. The van der Waals surface area contributed by atoms with Crippen molar-refractivity contribution in [2.24, 2.45) is 0 Å². The zero-order valence-corrected chi connectivity index (χ0v) is 5.68. The fourth-order valence-electron chi connectivity index (χ4n) is 0.879. The van der Waals surface area contributed by atoms with Gasteiger partial charge in [0.05, 0.1) is 0 Å². The number of hydrogen-bond donors (Lipinski definition) is 1. The molecule has 1 aliphatic heterocycles. The lowest BCUT2D eigenvalue weighted by Crippen LogP contribution is -2.25. The van der Waals surface area contributed by atoms with Crippen LogP contribution in [0.3, 0.4) is 0 Å². The first-order valence-corrected chi connectivity index (χ1v) is 3.24. The van der Waals surface area contributed by atoms with E-state index in [0.29, 0.717) is 6.42 Å². The van der Waals surface area contributed by atoms with Gasteiger partial charge in [0.15, 0.2) is 0 Å². The molecule has 1 aliphatic rings. The van der Waals surface area contributed by atoms with Crippen LogP contribution < -0.4 is 5.32 Å². The summed E-state index contributed by atoms with van der Waals surface area (Å²) in [6, 6.07) is 0. The molecule has 1 fully saturated rings. The number of amides is 1. The first-order chi connectivity index (χ1) is 4.29. The van der Waals surface area contributed by atoms with Crippen LogP contribution in [0, 0.1) is 0 Å².